The van der Waals surface area contributed by atoms with Gasteiger partial charge >= 0.3 is 0 Å². The zero-order valence-corrected chi connectivity index (χ0v) is 15.6. The van der Waals surface area contributed by atoms with Crippen LogP contribution < -0.4 is 4.74 Å². The molecule has 140 valence electrons. The first-order valence-corrected chi connectivity index (χ1v) is 8.78. The van der Waals surface area contributed by atoms with Gasteiger partial charge in [0.25, 0.3) is 5.92 Å². The zero-order valence-electron chi connectivity index (χ0n) is 14.9. The number of hydrogen-bond acceptors (Lipinski definition) is 3. The van der Waals surface area contributed by atoms with Gasteiger partial charge in [0.1, 0.15) is 10.9 Å². The lowest BCUT2D eigenvalue weighted by Crippen LogP contribution is -2.39. The van der Waals surface area contributed by atoms with Gasteiger partial charge in [-0.15, -0.1) is 0 Å². The SMILES string of the molecule is Cc1cc(C(C)N2CC3(C(=N)Cl)C=CC3C2=O)ccc1OCC(C)(F)F. The minimum Gasteiger partial charge on any atom is -0.487 e. The number of ether oxygens (including phenoxy) is 1. The second-order valence-corrected chi connectivity index (χ2v) is 7.60. The highest BCUT2D eigenvalue weighted by Gasteiger charge is 2.57. The maximum absolute atomic E-state index is 13.0. The molecule has 1 saturated heterocycles. The summed E-state index contributed by atoms with van der Waals surface area (Å²) in [5.74, 6) is -2.91. The predicted octanol–water partition coefficient (Wildman–Crippen LogP) is 4.32. The van der Waals surface area contributed by atoms with Crippen LogP contribution in [-0.2, 0) is 4.79 Å². The van der Waals surface area contributed by atoms with Crippen molar-refractivity contribution in [3.8, 4) is 5.75 Å². The van der Waals surface area contributed by atoms with Crippen molar-refractivity contribution >= 4 is 22.7 Å². The molecule has 1 aliphatic heterocycles. The van der Waals surface area contributed by atoms with E-state index >= 15 is 0 Å². The van der Waals surface area contributed by atoms with E-state index < -0.39 is 17.9 Å². The van der Waals surface area contributed by atoms with Crippen molar-refractivity contribution in [2.75, 3.05) is 13.2 Å². The summed E-state index contributed by atoms with van der Waals surface area (Å²) < 4.78 is 31.1. The monoisotopic (exact) mass is 382 g/mol. The van der Waals surface area contributed by atoms with Crippen LogP contribution in [-0.4, -0.2) is 35.1 Å². The van der Waals surface area contributed by atoms with Gasteiger partial charge in [-0.2, -0.15) is 0 Å². The van der Waals surface area contributed by atoms with E-state index in [0.29, 0.717) is 12.3 Å². The minimum atomic E-state index is -2.90. The van der Waals surface area contributed by atoms with Crippen LogP contribution in [0.15, 0.2) is 30.4 Å². The molecular formula is C19H21ClF2N2O2. The lowest BCUT2D eigenvalue weighted by atomic mass is 9.70. The molecule has 2 aliphatic rings. The molecule has 1 aromatic rings. The van der Waals surface area contributed by atoms with Gasteiger partial charge in [0.2, 0.25) is 5.91 Å². The largest absolute Gasteiger partial charge is 0.487 e. The standard InChI is InChI=1S/C19H21ClF2N2O2/c1-11-8-13(4-5-15(11)26-10-18(3,21)22)12(2)24-9-19(17(20)23)7-6-14(19)16(24)25/h4-8,12,14,23H,9-10H2,1-3H3. The first-order chi connectivity index (χ1) is 12.0. The predicted molar refractivity (Wildman–Crippen MR) is 96.1 cm³/mol. The lowest BCUT2D eigenvalue weighted by Gasteiger charge is -2.33. The second-order valence-electron chi connectivity index (χ2n) is 7.22. The second kappa shape index (κ2) is 6.34. The quantitative estimate of drug-likeness (QED) is 0.588. The van der Waals surface area contributed by atoms with E-state index in [-0.39, 0.29) is 23.0 Å². The van der Waals surface area contributed by atoms with Crippen LogP contribution in [0.4, 0.5) is 8.78 Å². The van der Waals surface area contributed by atoms with Gasteiger partial charge < -0.3 is 9.64 Å². The summed E-state index contributed by atoms with van der Waals surface area (Å²) in [4.78, 5) is 14.4. The molecule has 1 amide bonds. The van der Waals surface area contributed by atoms with Crippen molar-refractivity contribution in [3.63, 3.8) is 0 Å². The number of aryl methyl sites for hydroxylation is 1. The van der Waals surface area contributed by atoms with E-state index in [1.54, 1.807) is 30.0 Å². The van der Waals surface area contributed by atoms with Crippen molar-refractivity contribution in [2.24, 2.45) is 11.3 Å². The Morgan fingerprint density at radius 3 is 2.69 bits per heavy atom. The minimum absolute atomic E-state index is 0.0199. The highest BCUT2D eigenvalue weighted by Crippen LogP contribution is 2.50. The van der Waals surface area contributed by atoms with Gasteiger partial charge in [0.05, 0.1) is 17.4 Å². The van der Waals surface area contributed by atoms with Crippen molar-refractivity contribution in [1.29, 1.82) is 5.41 Å². The third kappa shape index (κ3) is 3.11. The van der Waals surface area contributed by atoms with E-state index in [9.17, 15) is 13.6 Å². The van der Waals surface area contributed by atoms with E-state index in [1.165, 1.54) is 0 Å². The van der Waals surface area contributed by atoms with Gasteiger partial charge in [-0.25, -0.2) is 8.78 Å². The van der Waals surface area contributed by atoms with Gasteiger partial charge in [-0.05, 0) is 31.0 Å². The molecule has 0 radical (unpaired) electrons. The summed E-state index contributed by atoms with van der Waals surface area (Å²) in [6, 6.07) is 5.05. The maximum atomic E-state index is 13.0. The van der Waals surface area contributed by atoms with Crippen molar-refractivity contribution in [1.82, 2.24) is 4.90 Å². The number of benzene rings is 1. The Hall–Kier alpha value is -1.95. The van der Waals surface area contributed by atoms with Crippen LogP contribution in [0.2, 0.25) is 0 Å². The summed E-state index contributed by atoms with van der Waals surface area (Å²) in [7, 11) is 0. The fraction of sp³-hybridized carbons (Fsp3) is 0.474. The van der Waals surface area contributed by atoms with Gasteiger partial charge in [0.15, 0.2) is 6.61 Å². The number of likely N-dealkylation sites (tertiary alicyclic amines) is 1. The van der Waals surface area contributed by atoms with Gasteiger partial charge in [-0.3, -0.25) is 10.2 Å². The fourth-order valence-electron chi connectivity index (χ4n) is 3.50. The average molecular weight is 383 g/mol. The summed E-state index contributed by atoms with van der Waals surface area (Å²) in [5.41, 5.74) is 0.910. The van der Waals surface area contributed by atoms with Crippen LogP contribution in [0.25, 0.3) is 0 Å². The number of nitrogens with zero attached hydrogens (tertiary/aromatic N) is 1. The van der Waals surface area contributed by atoms with E-state index in [4.69, 9.17) is 21.7 Å². The first kappa shape index (κ1) is 18.8. The Morgan fingerprint density at radius 2 is 2.23 bits per heavy atom. The molecule has 3 unspecified atom stereocenters. The molecule has 0 aromatic heterocycles. The Morgan fingerprint density at radius 1 is 1.54 bits per heavy atom. The lowest BCUT2D eigenvalue weighted by molar-refractivity contribution is -0.131. The number of carbonyl (C=O) groups excluding carboxylic acids is 1. The van der Waals surface area contributed by atoms with Crippen molar-refractivity contribution < 1.29 is 18.3 Å². The van der Waals surface area contributed by atoms with E-state index in [2.05, 4.69) is 0 Å². The summed E-state index contributed by atoms with van der Waals surface area (Å²) in [6.45, 7) is 4.19. The number of carbonyl (C=O) groups is 1. The smallest absolute Gasteiger partial charge is 0.278 e. The van der Waals surface area contributed by atoms with Crippen molar-refractivity contribution in [2.45, 2.75) is 32.7 Å². The van der Waals surface area contributed by atoms with Crippen LogP contribution in [0.3, 0.4) is 0 Å². The highest BCUT2D eigenvalue weighted by atomic mass is 35.5. The highest BCUT2D eigenvalue weighted by molar-refractivity contribution is 6.66. The fourth-order valence-corrected chi connectivity index (χ4v) is 3.74. The molecule has 0 saturated carbocycles. The summed E-state index contributed by atoms with van der Waals surface area (Å²) in [5, 5.41) is 7.79. The topological polar surface area (TPSA) is 53.4 Å². The van der Waals surface area contributed by atoms with Crippen LogP contribution in [0, 0.1) is 23.7 Å². The number of halogens is 3. The number of fused-ring (bicyclic) bond motifs is 1. The Kier molecular flexibility index (Phi) is 4.59. The van der Waals surface area contributed by atoms with E-state index in [0.717, 1.165) is 18.1 Å². The molecule has 0 spiro atoms. The van der Waals surface area contributed by atoms with E-state index in [1.807, 2.05) is 19.1 Å². The third-order valence-corrected chi connectivity index (χ3v) is 5.51. The Bertz CT molecular complexity index is 790. The first-order valence-electron chi connectivity index (χ1n) is 8.41. The normalized spacial score (nSPS) is 25.7. The maximum Gasteiger partial charge on any atom is 0.278 e. The van der Waals surface area contributed by atoms with Gasteiger partial charge in [-0.1, -0.05) is 35.9 Å². The summed E-state index contributed by atoms with van der Waals surface area (Å²) >= 11 is 5.95. The number of rotatable bonds is 6. The molecule has 7 heteroatoms. The number of hydrogen-bond donors (Lipinski definition) is 1. The van der Waals surface area contributed by atoms with Crippen LogP contribution in [0.1, 0.15) is 31.0 Å². The molecule has 3 atom stereocenters. The molecule has 1 aliphatic carbocycles. The van der Waals surface area contributed by atoms with Crippen LogP contribution >= 0.6 is 11.6 Å². The third-order valence-electron chi connectivity index (χ3n) is 5.16. The number of alkyl halides is 2. The van der Waals surface area contributed by atoms with Gasteiger partial charge in [0, 0.05) is 13.5 Å². The van der Waals surface area contributed by atoms with Crippen LogP contribution in [0.5, 0.6) is 5.75 Å². The molecule has 1 heterocycles. The number of amides is 1. The summed E-state index contributed by atoms with van der Waals surface area (Å²) in [6.07, 6.45) is 3.61. The molecule has 3 rings (SSSR count). The zero-order chi connectivity index (χ0) is 19.3. The Balaban J connectivity index is 1.77. The van der Waals surface area contributed by atoms with Crippen molar-refractivity contribution in [3.05, 3.63) is 41.5 Å². The molecule has 4 nitrogen and oxygen atoms in total. The number of nitrogens with one attached hydrogen (secondary N) is 1. The molecular weight excluding hydrogens is 362 g/mol. The molecule has 26 heavy (non-hydrogen) atoms. The Labute approximate surface area is 156 Å². The molecule has 1 N–H and O–H groups in total. The average Bonchev–Trinajstić information content (AvgIpc) is 2.71. The molecule has 0 bridgehead atoms. The molecule has 1 fully saturated rings. The molecule has 1 aromatic carbocycles.